The number of piperidine rings is 1. The third-order valence-corrected chi connectivity index (χ3v) is 5.42. The van der Waals surface area contributed by atoms with E-state index in [9.17, 15) is 13.2 Å². The molecule has 0 atom stereocenters. The number of hydrogen-bond donors (Lipinski definition) is 1. The van der Waals surface area contributed by atoms with Gasteiger partial charge in [-0.25, -0.2) is 17.9 Å². The van der Waals surface area contributed by atoms with Gasteiger partial charge in [0.1, 0.15) is 6.61 Å². The van der Waals surface area contributed by atoms with Gasteiger partial charge >= 0.3 is 6.09 Å². The lowest BCUT2D eigenvalue weighted by Crippen LogP contribution is -2.47. The molecule has 0 bridgehead atoms. The van der Waals surface area contributed by atoms with Gasteiger partial charge in [-0.1, -0.05) is 37.3 Å². The van der Waals surface area contributed by atoms with Crippen molar-refractivity contribution >= 4 is 16.1 Å². The number of ether oxygens (including phenoxy) is 1. The average molecular weight is 340 g/mol. The summed E-state index contributed by atoms with van der Waals surface area (Å²) in [5, 5.41) is 0. The molecule has 6 nitrogen and oxygen atoms in total. The minimum atomic E-state index is -3.20. The smallest absolute Gasteiger partial charge is 0.410 e. The molecule has 1 aliphatic heterocycles. The Morgan fingerprint density at radius 1 is 1.26 bits per heavy atom. The van der Waals surface area contributed by atoms with Crippen molar-refractivity contribution in [1.29, 1.82) is 0 Å². The summed E-state index contributed by atoms with van der Waals surface area (Å²) in [5.74, 6) is 0.145. The molecule has 0 aromatic heterocycles. The number of carbonyl (C=O) groups is 1. The Morgan fingerprint density at radius 2 is 1.91 bits per heavy atom. The van der Waals surface area contributed by atoms with Crippen LogP contribution in [-0.2, 0) is 21.4 Å². The van der Waals surface area contributed by atoms with E-state index in [0.717, 1.165) is 5.56 Å². The van der Waals surface area contributed by atoms with Crippen LogP contribution in [-0.4, -0.2) is 44.3 Å². The molecular weight excluding hydrogens is 316 g/mol. The number of benzene rings is 1. The number of rotatable bonds is 6. The fraction of sp³-hybridized carbons (Fsp3) is 0.562. The quantitative estimate of drug-likeness (QED) is 0.860. The van der Waals surface area contributed by atoms with Crippen molar-refractivity contribution in [2.45, 2.75) is 38.8 Å². The summed E-state index contributed by atoms with van der Waals surface area (Å²) in [5.41, 5.74) is 0.947. The van der Waals surface area contributed by atoms with Crippen LogP contribution in [0, 0.1) is 0 Å². The van der Waals surface area contributed by atoms with Gasteiger partial charge in [0.15, 0.2) is 0 Å². The Bertz CT molecular complexity index is 596. The second-order valence-electron chi connectivity index (χ2n) is 5.74. The molecule has 1 aromatic rings. The first kappa shape index (κ1) is 17.7. The average Bonchev–Trinajstić information content (AvgIpc) is 2.54. The monoisotopic (exact) mass is 340 g/mol. The third kappa shape index (κ3) is 5.84. The van der Waals surface area contributed by atoms with Gasteiger partial charge in [-0.3, -0.25) is 0 Å². The Balaban J connectivity index is 1.74. The first-order chi connectivity index (χ1) is 11.0. The molecule has 2 rings (SSSR count). The van der Waals surface area contributed by atoms with Crippen LogP contribution >= 0.6 is 0 Å². The Kier molecular flexibility index (Phi) is 6.41. The lowest BCUT2D eigenvalue weighted by atomic mass is 10.1. The van der Waals surface area contributed by atoms with Crippen LogP contribution in [0.5, 0.6) is 0 Å². The van der Waals surface area contributed by atoms with Gasteiger partial charge in [-0.2, -0.15) is 0 Å². The van der Waals surface area contributed by atoms with Crippen molar-refractivity contribution < 1.29 is 17.9 Å². The van der Waals surface area contributed by atoms with E-state index in [1.54, 1.807) is 4.90 Å². The predicted octanol–water partition coefficient (Wildman–Crippen LogP) is 2.12. The fourth-order valence-electron chi connectivity index (χ4n) is 2.57. The first-order valence-corrected chi connectivity index (χ1v) is 9.61. The van der Waals surface area contributed by atoms with Gasteiger partial charge in [0, 0.05) is 19.1 Å². The SMILES string of the molecule is CCCS(=O)(=O)NC1CCN(C(=O)OCc2ccccc2)CC1. The topological polar surface area (TPSA) is 75.7 Å². The van der Waals surface area contributed by atoms with Gasteiger partial charge in [0.25, 0.3) is 0 Å². The molecule has 1 amide bonds. The normalized spacial score (nSPS) is 16.3. The number of likely N-dealkylation sites (tertiary alicyclic amines) is 1. The lowest BCUT2D eigenvalue weighted by Gasteiger charge is -2.31. The molecular formula is C16H24N2O4S. The van der Waals surface area contributed by atoms with Crippen molar-refractivity contribution in [3.63, 3.8) is 0 Å². The zero-order valence-electron chi connectivity index (χ0n) is 13.4. The van der Waals surface area contributed by atoms with Crippen LogP contribution in [0.1, 0.15) is 31.7 Å². The molecule has 0 saturated carbocycles. The number of nitrogens with one attached hydrogen (secondary N) is 1. The standard InChI is InChI=1S/C16H24N2O4S/c1-2-12-23(20,21)17-15-8-10-18(11-9-15)16(19)22-13-14-6-4-3-5-7-14/h3-7,15,17H,2,8-13H2,1H3. The molecule has 128 valence electrons. The fourth-order valence-corrected chi connectivity index (χ4v) is 3.97. The molecule has 1 heterocycles. The zero-order chi connectivity index (χ0) is 16.7. The van der Waals surface area contributed by atoms with E-state index < -0.39 is 10.0 Å². The van der Waals surface area contributed by atoms with Crippen LogP contribution in [0.25, 0.3) is 0 Å². The van der Waals surface area contributed by atoms with Crippen molar-refractivity contribution in [2.24, 2.45) is 0 Å². The summed E-state index contributed by atoms with van der Waals surface area (Å²) >= 11 is 0. The van der Waals surface area contributed by atoms with Crippen molar-refractivity contribution in [3.8, 4) is 0 Å². The summed E-state index contributed by atoms with van der Waals surface area (Å²) in [6.45, 7) is 3.10. The Labute approximate surface area is 137 Å². The van der Waals surface area contributed by atoms with E-state index in [1.165, 1.54) is 0 Å². The minimum absolute atomic E-state index is 0.0928. The number of sulfonamides is 1. The van der Waals surface area contributed by atoms with Crippen LogP contribution in [0.4, 0.5) is 4.79 Å². The van der Waals surface area contributed by atoms with Gasteiger partial charge in [-0.05, 0) is 24.8 Å². The van der Waals surface area contributed by atoms with Crippen LogP contribution in [0.15, 0.2) is 30.3 Å². The summed E-state index contributed by atoms with van der Waals surface area (Å²) in [4.78, 5) is 13.7. The van der Waals surface area contributed by atoms with E-state index >= 15 is 0 Å². The molecule has 1 saturated heterocycles. The summed E-state index contributed by atoms with van der Waals surface area (Å²) in [7, 11) is -3.20. The molecule has 1 N–H and O–H groups in total. The highest BCUT2D eigenvalue weighted by molar-refractivity contribution is 7.89. The highest BCUT2D eigenvalue weighted by Crippen LogP contribution is 2.13. The molecule has 23 heavy (non-hydrogen) atoms. The van der Waals surface area contributed by atoms with E-state index in [1.807, 2.05) is 37.3 Å². The molecule has 0 unspecified atom stereocenters. The Hall–Kier alpha value is -1.60. The Morgan fingerprint density at radius 3 is 2.52 bits per heavy atom. The summed E-state index contributed by atoms with van der Waals surface area (Å²) in [6.07, 6.45) is 1.48. The van der Waals surface area contributed by atoms with E-state index in [-0.39, 0.29) is 24.5 Å². The molecule has 1 aliphatic rings. The number of carbonyl (C=O) groups excluding carboxylic acids is 1. The summed E-state index contributed by atoms with van der Waals surface area (Å²) in [6, 6.07) is 9.43. The maximum atomic E-state index is 12.0. The van der Waals surface area contributed by atoms with Crippen LogP contribution in [0.3, 0.4) is 0 Å². The predicted molar refractivity (Wildman–Crippen MR) is 88.4 cm³/mol. The largest absolute Gasteiger partial charge is 0.445 e. The third-order valence-electron chi connectivity index (χ3n) is 3.78. The maximum Gasteiger partial charge on any atom is 0.410 e. The molecule has 0 radical (unpaired) electrons. The van der Waals surface area contributed by atoms with E-state index in [2.05, 4.69) is 4.72 Å². The molecule has 0 aliphatic carbocycles. The van der Waals surface area contributed by atoms with Crippen molar-refractivity contribution in [1.82, 2.24) is 9.62 Å². The number of hydrogen-bond acceptors (Lipinski definition) is 4. The number of amides is 1. The van der Waals surface area contributed by atoms with Gasteiger partial charge in [-0.15, -0.1) is 0 Å². The summed E-state index contributed by atoms with van der Waals surface area (Å²) < 4.78 is 31.5. The van der Waals surface area contributed by atoms with Gasteiger partial charge in [0.05, 0.1) is 5.75 Å². The van der Waals surface area contributed by atoms with Crippen LogP contribution < -0.4 is 4.72 Å². The molecule has 1 fully saturated rings. The first-order valence-electron chi connectivity index (χ1n) is 7.96. The van der Waals surface area contributed by atoms with Crippen molar-refractivity contribution in [3.05, 3.63) is 35.9 Å². The van der Waals surface area contributed by atoms with Crippen LogP contribution in [0.2, 0.25) is 0 Å². The zero-order valence-corrected chi connectivity index (χ0v) is 14.2. The lowest BCUT2D eigenvalue weighted by molar-refractivity contribution is 0.0866. The highest BCUT2D eigenvalue weighted by Gasteiger charge is 2.26. The molecule has 1 aromatic carbocycles. The van der Waals surface area contributed by atoms with Gasteiger partial charge < -0.3 is 9.64 Å². The van der Waals surface area contributed by atoms with Crippen molar-refractivity contribution in [2.75, 3.05) is 18.8 Å². The molecule has 0 spiro atoms. The molecule has 7 heteroatoms. The number of nitrogens with zero attached hydrogens (tertiary/aromatic N) is 1. The van der Waals surface area contributed by atoms with E-state index in [0.29, 0.717) is 32.4 Å². The second-order valence-corrected chi connectivity index (χ2v) is 7.61. The van der Waals surface area contributed by atoms with E-state index in [4.69, 9.17) is 4.74 Å². The second kappa shape index (κ2) is 8.31. The van der Waals surface area contributed by atoms with Gasteiger partial charge in [0.2, 0.25) is 10.0 Å². The maximum absolute atomic E-state index is 12.0. The highest BCUT2D eigenvalue weighted by atomic mass is 32.2. The minimum Gasteiger partial charge on any atom is -0.445 e.